The van der Waals surface area contributed by atoms with Crippen LogP contribution in [0, 0.1) is 0 Å². The third-order valence-corrected chi connectivity index (χ3v) is 8.36. The molecule has 3 heterocycles. The minimum absolute atomic E-state index is 0.258. The highest BCUT2D eigenvalue weighted by Crippen LogP contribution is 2.36. The fraction of sp³-hybridized carbons (Fsp3) is 0.174. The molecule has 2 aliphatic rings. The summed E-state index contributed by atoms with van der Waals surface area (Å²) in [6.07, 6.45) is 5.70. The molecule has 168 valence electrons. The summed E-state index contributed by atoms with van der Waals surface area (Å²) in [5, 5.41) is 4.03. The lowest BCUT2D eigenvalue weighted by molar-refractivity contribution is -0.123. The molecule has 33 heavy (non-hydrogen) atoms. The largest absolute Gasteiger partial charge is 0.457 e. The molecule has 0 spiro atoms. The van der Waals surface area contributed by atoms with Gasteiger partial charge in [-0.15, -0.1) is 11.3 Å². The number of amides is 2. The number of halogens is 2. The molecule has 0 saturated carbocycles. The van der Waals surface area contributed by atoms with Crippen LogP contribution >= 0.6 is 58.5 Å². The van der Waals surface area contributed by atoms with Crippen LogP contribution in [-0.2, 0) is 17.6 Å². The van der Waals surface area contributed by atoms with Gasteiger partial charge in [0.25, 0.3) is 11.8 Å². The fourth-order valence-corrected chi connectivity index (χ4v) is 6.47. The van der Waals surface area contributed by atoms with Crippen LogP contribution in [0.1, 0.15) is 39.4 Å². The van der Waals surface area contributed by atoms with E-state index >= 15 is 0 Å². The van der Waals surface area contributed by atoms with Crippen LogP contribution in [0.2, 0.25) is 10.0 Å². The van der Waals surface area contributed by atoms with Gasteiger partial charge in [0.1, 0.15) is 11.5 Å². The summed E-state index contributed by atoms with van der Waals surface area (Å²) in [6, 6.07) is 8.59. The summed E-state index contributed by atoms with van der Waals surface area (Å²) in [7, 11) is 0. The molecule has 1 N–H and O–H groups in total. The van der Waals surface area contributed by atoms with Gasteiger partial charge in [-0.05, 0) is 73.8 Å². The summed E-state index contributed by atoms with van der Waals surface area (Å²) in [4.78, 5) is 27.4. The Morgan fingerprint density at radius 1 is 1.18 bits per heavy atom. The van der Waals surface area contributed by atoms with E-state index in [2.05, 4.69) is 5.43 Å². The second kappa shape index (κ2) is 9.27. The van der Waals surface area contributed by atoms with Gasteiger partial charge in [-0.1, -0.05) is 35.0 Å². The Labute approximate surface area is 213 Å². The van der Waals surface area contributed by atoms with Gasteiger partial charge >= 0.3 is 0 Å². The second-order valence-electron chi connectivity index (χ2n) is 7.54. The molecule has 10 heteroatoms. The summed E-state index contributed by atoms with van der Waals surface area (Å²) < 4.78 is 6.11. The van der Waals surface area contributed by atoms with Crippen LogP contribution in [0.15, 0.2) is 45.0 Å². The number of nitrogens with one attached hydrogen (secondary N) is 1. The molecule has 0 unspecified atom stereocenters. The number of thiocarbonyl (C=S) groups is 1. The van der Waals surface area contributed by atoms with Crippen LogP contribution in [-0.4, -0.2) is 21.1 Å². The molecule has 2 amide bonds. The lowest BCUT2D eigenvalue weighted by Crippen LogP contribution is -2.45. The minimum atomic E-state index is -0.402. The number of hydrogen-bond acceptors (Lipinski definition) is 6. The fourth-order valence-electron chi connectivity index (χ4n) is 3.80. The first-order valence-electron chi connectivity index (χ1n) is 10.1. The summed E-state index contributed by atoms with van der Waals surface area (Å²) >= 11 is 20.4. The molecule has 0 atom stereocenters. The summed E-state index contributed by atoms with van der Waals surface area (Å²) in [5.41, 5.74) is 5.05. The number of rotatable bonds is 4. The van der Waals surface area contributed by atoms with E-state index in [1.54, 1.807) is 47.7 Å². The summed E-state index contributed by atoms with van der Waals surface area (Å²) in [5.74, 6) is 0.267. The van der Waals surface area contributed by atoms with Gasteiger partial charge in [0.15, 0.2) is 4.32 Å². The zero-order chi connectivity index (χ0) is 23.1. The number of aryl methyl sites for hydroxylation is 1. The Balaban J connectivity index is 1.34. The molecule has 3 aromatic rings. The number of nitrogens with zero attached hydrogens (tertiary/aromatic N) is 1. The molecule has 5 rings (SSSR count). The van der Waals surface area contributed by atoms with Gasteiger partial charge < -0.3 is 4.42 Å². The van der Waals surface area contributed by atoms with E-state index in [9.17, 15) is 9.59 Å². The van der Waals surface area contributed by atoms with Crippen molar-refractivity contribution in [1.29, 1.82) is 0 Å². The monoisotopic (exact) mass is 534 g/mol. The van der Waals surface area contributed by atoms with E-state index in [-0.39, 0.29) is 10.2 Å². The number of furan rings is 1. The first kappa shape index (κ1) is 22.7. The average Bonchev–Trinajstić information content (AvgIpc) is 3.50. The van der Waals surface area contributed by atoms with Crippen LogP contribution in [0.25, 0.3) is 17.4 Å². The number of thiophene rings is 1. The Morgan fingerprint density at radius 2 is 2.00 bits per heavy atom. The van der Waals surface area contributed by atoms with Gasteiger partial charge in [0.2, 0.25) is 0 Å². The lowest BCUT2D eigenvalue weighted by Gasteiger charge is -2.17. The maximum atomic E-state index is 12.9. The van der Waals surface area contributed by atoms with Crippen LogP contribution < -0.4 is 5.43 Å². The number of hydrogen-bond donors (Lipinski definition) is 1. The average molecular weight is 535 g/mol. The van der Waals surface area contributed by atoms with Crippen molar-refractivity contribution in [3.05, 3.63) is 72.4 Å². The number of fused-ring (bicyclic) bond motifs is 1. The molecule has 5 nitrogen and oxygen atoms in total. The van der Waals surface area contributed by atoms with E-state index in [1.165, 1.54) is 4.88 Å². The van der Waals surface area contributed by atoms with Gasteiger partial charge in [0.05, 0.1) is 15.5 Å². The van der Waals surface area contributed by atoms with Gasteiger partial charge in [0, 0.05) is 26.9 Å². The Bertz CT molecular complexity index is 1330. The number of thioether (sulfide) groups is 1. The van der Waals surface area contributed by atoms with E-state index in [0.717, 1.165) is 48.0 Å². The Hall–Kier alpha value is -2.10. The summed E-state index contributed by atoms with van der Waals surface area (Å²) in [6.45, 7) is 0. The van der Waals surface area contributed by atoms with Crippen molar-refractivity contribution in [2.45, 2.75) is 25.7 Å². The van der Waals surface area contributed by atoms with Crippen LogP contribution in [0.4, 0.5) is 0 Å². The maximum absolute atomic E-state index is 12.9. The van der Waals surface area contributed by atoms with E-state index in [4.69, 9.17) is 39.8 Å². The maximum Gasteiger partial charge on any atom is 0.285 e. The topological polar surface area (TPSA) is 62.6 Å². The predicted octanol–water partition coefficient (Wildman–Crippen LogP) is 6.74. The molecular formula is C23H16Cl2N2O3S3. The molecule has 2 aromatic heterocycles. The van der Waals surface area contributed by atoms with Crippen LogP contribution in [0.3, 0.4) is 0 Å². The van der Waals surface area contributed by atoms with Crippen molar-refractivity contribution in [1.82, 2.24) is 10.4 Å². The molecule has 1 saturated heterocycles. The van der Waals surface area contributed by atoms with E-state index < -0.39 is 5.91 Å². The van der Waals surface area contributed by atoms with Crippen molar-refractivity contribution >= 4 is 80.7 Å². The highest BCUT2D eigenvalue weighted by Gasteiger charge is 2.35. The number of carbonyl (C=O) groups excluding carboxylic acids is 2. The smallest absolute Gasteiger partial charge is 0.285 e. The third kappa shape index (κ3) is 4.50. The van der Waals surface area contributed by atoms with Crippen LogP contribution in [0.5, 0.6) is 0 Å². The second-order valence-corrected chi connectivity index (χ2v) is 11.0. The van der Waals surface area contributed by atoms with Crippen molar-refractivity contribution in [2.75, 3.05) is 0 Å². The van der Waals surface area contributed by atoms with Gasteiger partial charge in [-0.2, -0.15) is 5.01 Å². The molecule has 0 radical (unpaired) electrons. The standard InChI is InChI=1S/C23H16Cl2N2O3S3/c24-12-5-7-17(25)15(9-12)18-8-6-13(30-18)10-20-22(29)27(23(31)33-20)26-21(28)16-11-32-19-4-2-1-3-14(16)19/h5-11H,1-4H2,(H,26,28). The first-order valence-corrected chi connectivity index (χ1v) is 13.0. The van der Waals surface area contributed by atoms with Crippen molar-refractivity contribution in [2.24, 2.45) is 0 Å². The molecule has 1 aliphatic carbocycles. The lowest BCUT2D eigenvalue weighted by atomic mass is 9.96. The molecular weight excluding hydrogens is 519 g/mol. The Morgan fingerprint density at radius 3 is 2.85 bits per heavy atom. The quantitative estimate of drug-likeness (QED) is 0.296. The normalized spacial score (nSPS) is 17.0. The third-order valence-electron chi connectivity index (χ3n) is 5.41. The van der Waals surface area contributed by atoms with E-state index in [0.29, 0.717) is 37.6 Å². The van der Waals surface area contributed by atoms with Crippen molar-refractivity contribution in [3.63, 3.8) is 0 Å². The van der Waals surface area contributed by atoms with Gasteiger partial charge in [-0.3, -0.25) is 15.0 Å². The number of benzene rings is 1. The number of carbonyl (C=O) groups is 2. The van der Waals surface area contributed by atoms with Gasteiger partial charge in [-0.25, -0.2) is 0 Å². The zero-order valence-corrected chi connectivity index (χ0v) is 21.0. The molecule has 1 fully saturated rings. The van der Waals surface area contributed by atoms with Crippen molar-refractivity contribution < 1.29 is 14.0 Å². The zero-order valence-electron chi connectivity index (χ0n) is 17.0. The van der Waals surface area contributed by atoms with E-state index in [1.807, 2.05) is 5.38 Å². The minimum Gasteiger partial charge on any atom is -0.457 e. The molecule has 0 bridgehead atoms. The highest BCUT2D eigenvalue weighted by molar-refractivity contribution is 8.26. The highest BCUT2D eigenvalue weighted by atomic mass is 35.5. The molecule has 1 aliphatic heterocycles. The SMILES string of the molecule is O=C(NN1C(=O)C(=Cc2ccc(-c3cc(Cl)ccc3Cl)o2)SC1=S)c1csc2c1CCCC2. The van der Waals surface area contributed by atoms with Crippen molar-refractivity contribution in [3.8, 4) is 11.3 Å². The predicted molar refractivity (Wildman–Crippen MR) is 138 cm³/mol. The Kier molecular flexibility index (Phi) is 6.37. The molecule has 1 aromatic carbocycles. The first-order chi connectivity index (χ1) is 15.9. The number of hydrazine groups is 1.